The summed E-state index contributed by atoms with van der Waals surface area (Å²) in [7, 11) is 0. The average Bonchev–Trinajstić information content (AvgIpc) is 3.52. The van der Waals surface area contributed by atoms with Crippen LogP contribution in [0, 0.1) is 27.7 Å². The second kappa shape index (κ2) is 13.6. The van der Waals surface area contributed by atoms with Crippen LogP contribution in [0.3, 0.4) is 0 Å². The predicted molar refractivity (Wildman–Crippen MR) is 226 cm³/mol. The lowest BCUT2D eigenvalue weighted by Gasteiger charge is -2.25. The Bertz CT molecular complexity index is 2690. The number of hydrogen-bond donors (Lipinski definition) is 0. The number of anilines is 3. The molecule has 9 rings (SSSR count). The first kappa shape index (κ1) is 33.1. The average molecular weight is 697 g/mol. The quantitative estimate of drug-likeness (QED) is 0.166. The van der Waals surface area contributed by atoms with Gasteiger partial charge in [-0.25, -0.2) is 9.97 Å². The summed E-state index contributed by atoms with van der Waals surface area (Å²) in [5.74, 6) is 0.727. The highest BCUT2D eigenvalue weighted by molar-refractivity contribution is 6.11. The van der Waals surface area contributed by atoms with Gasteiger partial charge < -0.3 is 9.47 Å². The van der Waals surface area contributed by atoms with Crippen molar-refractivity contribution in [1.82, 2.24) is 14.5 Å². The van der Waals surface area contributed by atoms with Gasteiger partial charge in [-0.15, -0.1) is 0 Å². The van der Waals surface area contributed by atoms with E-state index in [4.69, 9.17) is 9.97 Å². The number of rotatable bonds is 7. The van der Waals surface area contributed by atoms with Crippen LogP contribution in [0.2, 0.25) is 0 Å². The van der Waals surface area contributed by atoms with Crippen molar-refractivity contribution in [3.63, 3.8) is 0 Å². The van der Waals surface area contributed by atoms with Gasteiger partial charge in [0.15, 0.2) is 5.82 Å². The molecule has 4 heteroatoms. The molecule has 0 saturated heterocycles. The molecule has 0 saturated carbocycles. The van der Waals surface area contributed by atoms with Gasteiger partial charge in [-0.2, -0.15) is 0 Å². The number of nitrogens with zero attached hydrogens (tertiary/aromatic N) is 4. The van der Waals surface area contributed by atoms with E-state index in [-0.39, 0.29) is 0 Å². The number of aryl methyl sites for hydroxylation is 4. The van der Waals surface area contributed by atoms with E-state index >= 15 is 0 Å². The van der Waals surface area contributed by atoms with Crippen LogP contribution in [0.5, 0.6) is 0 Å². The molecule has 2 heterocycles. The Labute approximate surface area is 316 Å². The molecule has 0 N–H and O–H groups in total. The van der Waals surface area contributed by atoms with E-state index in [0.29, 0.717) is 0 Å². The van der Waals surface area contributed by atoms with Gasteiger partial charge in [0.05, 0.1) is 28.1 Å². The molecular weight excluding hydrogens is 657 g/mol. The third-order valence-corrected chi connectivity index (χ3v) is 10.3. The minimum absolute atomic E-state index is 0.727. The van der Waals surface area contributed by atoms with Crippen molar-refractivity contribution in [1.29, 1.82) is 0 Å². The fraction of sp³-hybridized carbons (Fsp3) is 0.0800. The predicted octanol–water partition coefficient (Wildman–Crippen LogP) is 13.3. The smallest absolute Gasteiger partial charge is 0.160 e. The highest BCUT2D eigenvalue weighted by Gasteiger charge is 2.20. The first-order chi connectivity index (χ1) is 26.4. The van der Waals surface area contributed by atoms with E-state index in [1.54, 1.807) is 0 Å². The van der Waals surface area contributed by atoms with Gasteiger partial charge >= 0.3 is 0 Å². The van der Waals surface area contributed by atoms with E-state index in [1.165, 1.54) is 49.7 Å². The van der Waals surface area contributed by atoms with Crippen LogP contribution in [0.4, 0.5) is 17.1 Å². The van der Waals surface area contributed by atoms with Gasteiger partial charge in [0.1, 0.15) is 0 Å². The molecule has 7 aromatic carbocycles. The van der Waals surface area contributed by atoms with E-state index in [1.807, 2.05) is 0 Å². The molecule has 0 aliphatic carbocycles. The number of hydrogen-bond acceptors (Lipinski definition) is 3. The highest BCUT2D eigenvalue weighted by Crippen LogP contribution is 2.41. The van der Waals surface area contributed by atoms with Crippen LogP contribution in [-0.4, -0.2) is 14.5 Å². The van der Waals surface area contributed by atoms with Gasteiger partial charge in [0.2, 0.25) is 0 Å². The molecule has 0 radical (unpaired) electrons. The maximum Gasteiger partial charge on any atom is 0.160 e. The van der Waals surface area contributed by atoms with Crippen molar-refractivity contribution in [2.45, 2.75) is 27.7 Å². The zero-order valence-electron chi connectivity index (χ0n) is 31.0. The Morgan fingerprint density at radius 2 is 0.963 bits per heavy atom. The third-order valence-electron chi connectivity index (χ3n) is 10.3. The van der Waals surface area contributed by atoms with Gasteiger partial charge in [0, 0.05) is 44.5 Å². The molecule has 54 heavy (non-hydrogen) atoms. The van der Waals surface area contributed by atoms with Crippen LogP contribution in [0.15, 0.2) is 170 Å². The lowest BCUT2D eigenvalue weighted by molar-refractivity contribution is 1.12. The second-order valence-electron chi connectivity index (χ2n) is 14.2. The Morgan fingerprint density at radius 1 is 0.407 bits per heavy atom. The summed E-state index contributed by atoms with van der Waals surface area (Å²) in [6.45, 7) is 8.67. The summed E-state index contributed by atoms with van der Waals surface area (Å²) in [5.41, 5.74) is 16.6. The molecule has 0 spiro atoms. The summed E-state index contributed by atoms with van der Waals surface area (Å²) in [6, 6.07) is 60.5. The lowest BCUT2D eigenvalue weighted by Crippen LogP contribution is -2.09. The van der Waals surface area contributed by atoms with E-state index in [0.717, 1.165) is 51.0 Å². The Hall–Kier alpha value is -6.78. The molecule has 0 atom stereocenters. The third kappa shape index (κ3) is 6.02. The van der Waals surface area contributed by atoms with E-state index < -0.39 is 0 Å². The number of fused-ring (bicyclic) bond motifs is 3. The molecule has 0 amide bonds. The minimum atomic E-state index is 0.727. The Morgan fingerprint density at radius 3 is 1.61 bits per heavy atom. The summed E-state index contributed by atoms with van der Waals surface area (Å²) in [5, 5.41) is 2.43. The van der Waals surface area contributed by atoms with Gasteiger partial charge in [-0.05, 0) is 118 Å². The fourth-order valence-corrected chi connectivity index (χ4v) is 7.86. The molecule has 0 aliphatic rings. The molecule has 0 unspecified atom stereocenters. The monoisotopic (exact) mass is 696 g/mol. The summed E-state index contributed by atoms with van der Waals surface area (Å²) in [4.78, 5) is 12.6. The highest BCUT2D eigenvalue weighted by atomic mass is 15.1. The van der Waals surface area contributed by atoms with Gasteiger partial charge in [-0.1, -0.05) is 102 Å². The number of benzene rings is 7. The van der Waals surface area contributed by atoms with Crippen LogP contribution in [0.25, 0.3) is 61.4 Å². The lowest BCUT2D eigenvalue weighted by atomic mass is 9.99. The second-order valence-corrected chi connectivity index (χ2v) is 14.2. The number of aromatic nitrogens is 3. The van der Waals surface area contributed by atoms with Crippen molar-refractivity contribution in [2.75, 3.05) is 4.90 Å². The molecule has 0 aliphatic heterocycles. The first-order valence-corrected chi connectivity index (χ1v) is 18.5. The van der Waals surface area contributed by atoms with E-state index in [2.05, 4.69) is 207 Å². The zero-order chi connectivity index (χ0) is 36.8. The SMILES string of the molecule is Cc1cccc(-c2cc(-c3cc(C)c(-n4c5ccccc5c5cc(N(c6ccccc6)c6ccccc6)ccc54)c(C)c3)nc(-c3cccc(C)c3)n2)c1. The van der Waals surface area contributed by atoms with E-state index in [9.17, 15) is 0 Å². The molecule has 4 nitrogen and oxygen atoms in total. The van der Waals surface area contributed by atoms with Crippen LogP contribution in [0.1, 0.15) is 22.3 Å². The standard InChI is InChI=1S/C50H40N4/c1-33-15-13-17-37(27-33)45-32-46(52-50(51-45)38-18-14-16-34(2)28-38)39-29-35(3)49(36(4)30-39)54-47-24-12-11-23-43(47)44-31-42(25-26-48(44)54)53(40-19-7-5-8-20-40)41-21-9-6-10-22-41/h5-32H,1-4H3. The largest absolute Gasteiger partial charge is 0.310 e. The first-order valence-electron chi connectivity index (χ1n) is 18.5. The molecule has 260 valence electrons. The van der Waals surface area contributed by atoms with Crippen LogP contribution in [-0.2, 0) is 0 Å². The van der Waals surface area contributed by atoms with Crippen molar-refractivity contribution < 1.29 is 0 Å². The summed E-state index contributed by atoms with van der Waals surface area (Å²) < 4.78 is 2.44. The molecule has 2 aromatic heterocycles. The normalized spacial score (nSPS) is 11.3. The minimum Gasteiger partial charge on any atom is -0.310 e. The van der Waals surface area contributed by atoms with Crippen LogP contribution < -0.4 is 4.90 Å². The Balaban J connectivity index is 1.20. The van der Waals surface area contributed by atoms with Crippen molar-refractivity contribution in [3.8, 4) is 39.6 Å². The Kier molecular flexibility index (Phi) is 8.36. The molecular formula is C50H40N4. The summed E-state index contributed by atoms with van der Waals surface area (Å²) in [6.07, 6.45) is 0. The van der Waals surface area contributed by atoms with Crippen molar-refractivity contribution >= 4 is 38.9 Å². The zero-order valence-corrected chi connectivity index (χ0v) is 31.0. The molecule has 0 fully saturated rings. The van der Waals surface area contributed by atoms with Gasteiger partial charge in [-0.3, -0.25) is 0 Å². The van der Waals surface area contributed by atoms with Gasteiger partial charge in [0.25, 0.3) is 0 Å². The van der Waals surface area contributed by atoms with Crippen molar-refractivity contribution in [3.05, 3.63) is 192 Å². The maximum absolute atomic E-state index is 5.19. The molecule has 0 bridgehead atoms. The van der Waals surface area contributed by atoms with Crippen LogP contribution >= 0.6 is 0 Å². The molecule has 9 aromatic rings. The van der Waals surface area contributed by atoms with Crippen molar-refractivity contribution in [2.24, 2.45) is 0 Å². The summed E-state index contributed by atoms with van der Waals surface area (Å²) >= 11 is 0. The number of para-hydroxylation sites is 3. The fourth-order valence-electron chi connectivity index (χ4n) is 7.86. The topological polar surface area (TPSA) is 34.0 Å². The maximum atomic E-state index is 5.19.